The van der Waals surface area contributed by atoms with E-state index in [0.717, 1.165) is 46.5 Å². The maximum Gasteiger partial charge on any atom is 0.198 e. The van der Waals surface area contributed by atoms with Crippen molar-refractivity contribution in [1.82, 2.24) is 0 Å². The van der Waals surface area contributed by atoms with Crippen molar-refractivity contribution in [3.63, 3.8) is 0 Å². The van der Waals surface area contributed by atoms with Gasteiger partial charge in [-0.2, -0.15) is 0 Å². The van der Waals surface area contributed by atoms with Crippen molar-refractivity contribution >= 4 is 34.0 Å². The second-order valence-corrected chi connectivity index (χ2v) is 9.40. The predicted molar refractivity (Wildman–Crippen MR) is 141 cm³/mol. The van der Waals surface area contributed by atoms with Gasteiger partial charge in [-0.3, -0.25) is 0 Å². The quantitative estimate of drug-likeness (QED) is 0.133. The Morgan fingerprint density at radius 1 is 0.697 bits per heavy atom. The molecule has 0 spiro atoms. The summed E-state index contributed by atoms with van der Waals surface area (Å²) >= 11 is 5.55. The van der Waals surface area contributed by atoms with Gasteiger partial charge in [0.1, 0.15) is 0 Å². The molecule has 0 saturated heterocycles. The van der Waals surface area contributed by atoms with E-state index < -0.39 is 0 Å². The summed E-state index contributed by atoms with van der Waals surface area (Å²) in [7, 11) is 0. The Morgan fingerprint density at radius 2 is 1.39 bits per heavy atom. The van der Waals surface area contributed by atoms with Crippen LogP contribution < -0.4 is 0 Å². The molecule has 1 heterocycles. The zero-order valence-corrected chi connectivity index (χ0v) is 20.6. The van der Waals surface area contributed by atoms with Crippen LogP contribution in [0.4, 0.5) is 4.39 Å². The summed E-state index contributed by atoms with van der Waals surface area (Å²) < 4.78 is 21.3. The fraction of sp³-hybridized carbons (Fsp3) is 0.367. The number of unbranched alkanes of at least 4 members (excludes halogenated alkanes) is 5. The third-order valence-electron chi connectivity index (χ3n) is 6.56. The monoisotopic (exact) mass is 460 g/mol. The minimum Gasteiger partial charge on any atom is -0.441 e. The molecule has 0 N–H and O–H groups in total. The molecule has 4 rings (SSSR count). The lowest BCUT2D eigenvalue weighted by Crippen LogP contribution is -1.93. The molecule has 0 atom stereocenters. The van der Waals surface area contributed by atoms with Crippen LogP contribution in [0.15, 0.2) is 59.0 Å². The van der Waals surface area contributed by atoms with Gasteiger partial charge in [0.25, 0.3) is 0 Å². The van der Waals surface area contributed by atoms with E-state index in [0.29, 0.717) is 16.7 Å². The SMILES string of the molecule is CCCCCCCc1ccc(-c2ccc3c(c2)c(=S)oc2c(F)c(CCCC)ccc23)cc1. The smallest absolute Gasteiger partial charge is 0.198 e. The minimum absolute atomic E-state index is 0.275. The zero-order chi connectivity index (χ0) is 23.2. The van der Waals surface area contributed by atoms with E-state index in [2.05, 4.69) is 50.2 Å². The van der Waals surface area contributed by atoms with Crippen LogP contribution in [0.5, 0.6) is 0 Å². The number of hydrogen-bond donors (Lipinski definition) is 0. The Balaban J connectivity index is 1.61. The molecular weight excluding hydrogens is 427 g/mol. The van der Waals surface area contributed by atoms with Crippen LogP contribution in [0, 0.1) is 10.5 Å². The highest BCUT2D eigenvalue weighted by molar-refractivity contribution is 7.71. The van der Waals surface area contributed by atoms with Crippen LogP contribution >= 0.6 is 12.2 Å². The molecule has 0 bridgehead atoms. The molecule has 0 aliphatic rings. The molecule has 3 aromatic carbocycles. The molecule has 0 fully saturated rings. The van der Waals surface area contributed by atoms with E-state index >= 15 is 4.39 Å². The van der Waals surface area contributed by atoms with Crippen LogP contribution in [-0.2, 0) is 12.8 Å². The van der Waals surface area contributed by atoms with Gasteiger partial charge in [-0.25, -0.2) is 4.39 Å². The molecule has 1 aromatic heterocycles. The largest absolute Gasteiger partial charge is 0.441 e. The van der Waals surface area contributed by atoms with Gasteiger partial charge in [0.15, 0.2) is 16.1 Å². The third-order valence-corrected chi connectivity index (χ3v) is 6.86. The molecule has 1 nitrogen and oxygen atoms in total. The maximum atomic E-state index is 15.1. The third kappa shape index (κ3) is 5.35. The van der Waals surface area contributed by atoms with Gasteiger partial charge in [0, 0.05) is 10.8 Å². The molecule has 0 radical (unpaired) electrons. The lowest BCUT2D eigenvalue weighted by molar-refractivity contribution is 0.537. The second kappa shape index (κ2) is 11.1. The van der Waals surface area contributed by atoms with Crippen molar-refractivity contribution in [2.45, 2.75) is 71.6 Å². The molecule has 33 heavy (non-hydrogen) atoms. The first-order chi connectivity index (χ1) is 16.1. The Bertz CT molecular complexity index is 1290. The van der Waals surface area contributed by atoms with E-state index in [1.54, 1.807) is 0 Å². The van der Waals surface area contributed by atoms with Crippen molar-refractivity contribution in [3.05, 3.63) is 76.2 Å². The van der Waals surface area contributed by atoms with Gasteiger partial charge in [-0.1, -0.05) is 94.5 Å². The topological polar surface area (TPSA) is 13.1 Å². The van der Waals surface area contributed by atoms with E-state index in [1.807, 2.05) is 18.2 Å². The predicted octanol–water partition coefficient (Wildman–Crippen LogP) is 9.98. The number of fused-ring (bicyclic) bond motifs is 3. The summed E-state index contributed by atoms with van der Waals surface area (Å²) in [5, 5.41) is 2.58. The molecule has 0 aliphatic heterocycles. The lowest BCUT2D eigenvalue weighted by Gasteiger charge is -2.10. The van der Waals surface area contributed by atoms with E-state index in [4.69, 9.17) is 16.6 Å². The number of halogens is 1. The zero-order valence-electron chi connectivity index (χ0n) is 19.8. The molecule has 4 aromatic rings. The summed E-state index contributed by atoms with van der Waals surface area (Å²) in [4.78, 5) is 0. The summed E-state index contributed by atoms with van der Waals surface area (Å²) in [6.45, 7) is 4.36. The van der Waals surface area contributed by atoms with Gasteiger partial charge >= 0.3 is 0 Å². The number of aryl methyl sites for hydroxylation is 2. The standard InChI is InChI=1S/C30H33FOS/c1-3-5-7-8-9-10-21-12-14-22(15-13-21)24-17-18-25-26-19-16-23(11-6-4-2)28(31)29(26)32-30(33)27(25)20-24/h12-20H,3-11H2,1-2H3. The van der Waals surface area contributed by atoms with Crippen LogP contribution in [0.3, 0.4) is 0 Å². The Labute approximate surface area is 201 Å². The fourth-order valence-corrected chi connectivity index (χ4v) is 4.79. The molecule has 172 valence electrons. The minimum atomic E-state index is -0.275. The highest BCUT2D eigenvalue weighted by atomic mass is 32.1. The molecule has 0 aliphatic carbocycles. The number of rotatable bonds is 10. The summed E-state index contributed by atoms with van der Waals surface area (Å²) in [5.74, 6) is -0.275. The van der Waals surface area contributed by atoms with E-state index in [-0.39, 0.29) is 11.4 Å². The Kier molecular flexibility index (Phi) is 7.93. The molecular formula is C30H33FOS. The Morgan fingerprint density at radius 3 is 2.15 bits per heavy atom. The highest BCUT2D eigenvalue weighted by Gasteiger charge is 2.14. The first kappa shape index (κ1) is 23.6. The van der Waals surface area contributed by atoms with Gasteiger partial charge in [0.2, 0.25) is 0 Å². The summed E-state index contributed by atoms with van der Waals surface area (Å²) in [6, 6.07) is 18.9. The van der Waals surface area contributed by atoms with Crippen molar-refractivity contribution in [2.24, 2.45) is 0 Å². The van der Waals surface area contributed by atoms with Crippen LogP contribution in [-0.4, -0.2) is 0 Å². The van der Waals surface area contributed by atoms with Gasteiger partial charge in [-0.15, -0.1) is 0 Å². The maximum absolute atomic E-state index is 15.1. The molecule has 0 unspecified atom stereocenters. The second-order valence-electron chi connectivity index (χ2n) is 9.03. The van der Waals surface area contributed by atoms with E-state index in [1.165, 1.54) is 37.7 Å². The summed E-state index contributed by atoms with van der Waals surface area (Å²) in [5.41, 5.74) is 4.61. The van der Waals surface area contributed by atoms with Crippen LogP contribution in [0.1, 0.15) is 69.9 Å². The van der Waals surface area contributed by atoms with Crippen molar-refractivity contribution < 1.29 is 8.81 Å². The summed E-state index contributed by atoms with van der Waals surface area (Å²) in [6.07, 6.45) is 10.3. The molecule has 0 saturated carbocycles. The molecule has 0 amide bonds. The van der Waals surface area contributed by atoms with Gasteiger partial charge in [-0.05, 0) is 71.6 Å². The molecule has 3 heteroatoms. The van der Waals surface area contributed by atoms with Crippen molar-refractivity contribution in [1.29, 1.82) is 0 Å². The lowest BCUT2D eigenvalue weighted by atomic mass is 9.97. The van der Waals surface area contributed by atoms with Crippen molar-refractivity contribution in [3.8, 4) is 11.1 Å². The average molecular weight is 461 g/mol. The van der Waals surface area contributed by atoms with Gasteiger partial charge < -0.3 is 4.42 Å². The highest BCUT2D eigenvalue weighted by Crippen LogP contribution is 2.33. The first-order valence-electron chi connectivity index (χ1n) is 12.4. The number of benzene rings is 3. The van der Waals surface area contributed by atoms with E-state index in [9.17, 15) is 0 Å². The first-order valence-corrected chi connectivity index (χ1v) is 12.8. The van der Waals surface area contributed by atoms with Gasteiger partial charge in [0.05, 0.1) is 0 Å². The van der Waals surface area contributed by atoms with Crippen LogP contribution in [0.25, 0.3) is 32.9 Å². The van der Waals surface area contributed by atoms with Crippen molar-refractivity contribution in [2.75, 3.05) is 0 Å². The Hall–Kier alpha value is -2.52. The number of hydrogen-bond acceptors (Lipinski definition) is 2. The average Bonchev–Trinajstić information content (AvgIpc) is 2.84. The fourth-order valence-electron chi connectivity index (χ4n) is 4.54. The normalized spacial score (nSPS) is 11.5. The van der Waals surface area contributed by atoms with Crippen LogP contribution in [0.2, 0.25) is 0 Å².